The second-order valence-corrected chi connectivity index (χ2v) is 5.25. The molecule has 2 N–H and O–H groups in total. The highest BCUT2D eigenvalue weighted by Crippen LogP contribution is 2.29. The van der Waals surface area contributed by atoms with Gasteiger partial charge >= 0.3 is 0 Å². The number of carbonyl (C=O) groups is 1. The van der Waals surface area contributed by atoms with E-state index < -0.39 is 0 Å². The van der Waals surface area contributed by atoms with Gasteiger partial charge in [0.15, 0.2) is 0 Å². The van der Waals surface area contributed by atoms with E-state index in [1.54, 1.807) is 0 Å². The van der Waals surface area contributed by atoms with Crippen LogP contribution >= 0.6 is 0 Å². The minimum atomic E-state index is -0.0567. The fourth-order valence-electron chi connectivity index (χ4n) is 2.94. The molecule has 1 aliphatic rings. The number of nitrogens with one attached hydrogen (secondary N) is 2. The van der Waals surface area contributed by atoms with Gasteiger partial charge in [-0.2, -0.15) is 0 Å². The van der Waals surface area contributed by atoms with Crippen molar-refractivity contribution in [1.82, 2.24) is 10.6 Å². The lowest BCUT2D eigenvalue weighted by molar-refractivity contribution is -0.123. The van der Waals surface area contributed by atoms with Crippen molar-refractivity contribution in [2.75, 3.05) is 24.5 Å². The molecule has 110 valence electrons. The lowest BCUT2D eigenvalue weighted by Crippen LogP contribution is -2.55. The Balaban J connectivity index is 2.33. The van der Waals surface area contributed by atoms with Crippen LogP contribution in [-0.2, 0) is 4.79 Å². The molecule has 0 spiro atoms. The summed E-state index contributed by atoms with van der Waals surface area (Å²) in [6.07, 6.45) is 0.829. The van der Waals surface area contributed by atoms with Gasteiger partial charge in [0.2, 0.25) is 5.91 Å². The molecular formula is C16H25N3O. The number of anilines is 1. The normalized spacial score (nSPS) is 20.6. The molecule has 2 rings (SSSR count). The second-order valence-electron chi connectivity index (χ2n) is 5.25. The third-order valence-electron chi connectivity index (χ3n) is 3.94. The molecule has 1 aromatic carbocycles. The van der Waals surface area contributed by atoms with Crippen LogP contribution in [0.1, 0.15) is 38.8 Å². The summed E-state index contributed by atoms with van der Waals surface area (Å²) >= 11 is 0. The molecule has 1 aliphatic heterocycles. The largest absolute Gasteiger partial charge is 0.357 e. The molecule has 1 saturated heterocycles. The number of piperazine rings is 1. The van der Waals surface area contributed by atoms with E-state index in [-0.39, 0.29) is 11.9 Å². The first-order chi connectivity index (χ1) is 9.69. The van der Waals surface area contributed by atoms with Crippen molar-refractivity contribution in [2.45, 2.75) is 39.3 Å². The lowest BCUT2D eigenvalue weighted by atomic mass is 10.0. The first kappa shape index (κ1) is 14.9. The number of carbonyl (C=O) groups excluding carboxylic acids is 1. The Morgan fingerprint density at radius 1 is 1.40 bits per heavy atom. The lowest BCUT2D eigenvalue weighted by Gasteiger charge is -2.38. The van der Waals surface area contributed by atoms with E-state index in [2.05, 4.69) is 60.6 Å². The van der Waals surface area contributed by atoms with Crippen LogP contribution in [0.4, 0.5) is 5.69 Å². The van der Waals surface area contributed by atoms with E-state index in [0.717, 1.165) is 26.1 Å². The van der Waals surface area contributed by atoms with E-state index >= 15 is 0 Å². The molecule has 2 atom stereocenters. The summed E-state index contributed by atoms with van der Waals surface area (Å²) in [4.78, 5) is 14.3. The fraction of sp³-hybridized carbons (Fsp3) is 0.562. The smallest absolute Gasteiger partial charge is 0.242 e. The molecule has 2 unspecified atom stereocenters. The number of nitrogens with zero attached hydrogens (tertiary/aromatic N) is 1. The standard InChI is InChI=1S/C16H25N3O/c1-4-14-16(20)18-10-11-19(14)15-9-7-6-8-13(15)12(3)17-5-2/h6-9,12,14,17H,4-5,10-11H2,1-3H3,(H,18,20). The third kappa shape index (κ3) is 2.96. The Labute approximate surface area is 121 Å². The Hall–Kier alpha value is -1.55. The van der Waals surface area contributed by atoms with E-state index in [1.807, 2.05) is 0 Å². The zero-order chi connectivity index (χ0) is 14.5. The summed E-state index contributed by atoms with van der Waals surface area (Å²) < 4.78 is 0. The Morgan fingerprint density at radius 2 is 2.15 bits per heavy atom. The van der Waals surface area contributed by atoms with Crippen LogP contribution in [0.15, 0.2) is 24.3 Å². The molecular weight excluding hydrogens is 250 g/mol. The molecule has 0 saturated carbocycles. The molecule has 4 heteroatoms. The Kier molecular flexibility index (Phi) is 5.01. The van der Waals surface area contributed by atoms with Gasteiger partial charge in [0.25, 0.3) is 0 Å². The third-order valence-corrected chi connectivity index (χ3v) is 3.94. The zero-order valence-electron chi connectivity index (χ0n) is 12.6. The number of hydrogen-bond acceptors (Lipinski definition) is 3. The highest BCUT2D eigenvalue weighted by molar-refractivity contribution is 5.86. The van der Waals surface area contributed by atoms with Gasteiger partial charge in [-0.3, -0.25) is 4.79 Å². The van der Waals surface area contributed by atoms with Crippen LogP contribution in [0.25, 0.3) is 0 Å². The maximum Gasteiger partial charge on any atom is 0.242 e. The van der Waals surface area contributed by atoms with Gasteiger partial charge in [-0.25, -0.2) is 0 Å². The molecule has 1 aromatic rings. The summed E-state index contributed by atoms with van der Waals surface area (Å²) in [6, 6.07) is 8.64. The minimum Gasteiger partial charge on any atom is -0.357 e. The maximum atomic E-state index is 12.0. The summed E-state index contributed by atoms with van der Waals surface area (Å²) in [5.41, 5.74) is 2.45. The van der Waals surface area contributed by atoms with Gasteiger partial charge in [-0.1, -0.05) is 32.0 Å². The van der Waals surface area contributed by atoms with Crippen LogP contribution in [-0.4, -0.2) is 31.6 Å². The zero-order valence-corrected chi connectivity index (χ0v) is 12.6. The number of amides is 1. The van der Waals surface area contributed by atoms with Crippen molar-refractivity contribution in [3.63, 3.8) is 0 Å². The topological polar surface area (TPSA) is 44.4 Å². The van der Waals surface area contributed by atoms with Crippen molar-refractivity contribution >= 4 is 11.6 Å². The van der Waals surface area contributed by atoms with Crippen LogP contribution < -0.4 is 15.5 Å². The number of rotatable bonds is 5. The first-order valence-electron chi connectivity index (χ1n) is 7.55. The number of benzene rings is 1. The predicted octanol–water partition coefficient (Wildman–Crippen LogP) is 2.07. The van der Waals surface area contributed by atoms with Gasteiger partial charge in [0, 0.05) is 24.8 Å². The van der Waals surface area contributed by atoms with Crippen LogP contribution in [0, 0.1) is 0 Å². The van der Waals surface area contributed by atoms with Crippen LogP contribution in [0.3, 0.4) is 0 Å². The van der Waals surface area contributed by atoms with E-state index in [0.29, 0.717) is 6.04 Å². The summed E-state index contributed by atoms with van der Waals surface area (Å²) in [7, 11) is 0. The molecule has 0 aliphatic carbocycles. The average molecular weight is 275 g/mol. The number of hydrogen-bond donors (Lipinski definition) is 2. The quantitative estimate of drug-likeness (QED) is 0.864. The molecule has 1 heterocycles. The Bertz CT molecular complexity index is 461. The molecule has 4 nitrogen and oxygen atoms in total. The molecule has 0 bridgehead atoms. The van der Waals surface area contributed by atoms with Gasteiger partial charge in [-0.05, 0) is 31.5 Å². The first-order valence-corrected chi connectivity index (χ1v) is 7.55. The maximum absolute atomic E-state index is 12.0. The second kappa shape index (κ2) is 6.75. The van der Waals surface area contributed by atoms with E-state index in [4.69, 9.17) is 0 Å². The summed E-state index contributed by atoms with van der Waals surface area (Å²) in [5, 5.41) is 6.42. The molecule has 0 radical (unpaired) electrons. The van der Waals surface area contributed by atoms with Crippen molar-refractivity contribution in [3.05, 3.63) is 29.8 Å². The van der Waals surface area contributed by atoms with Gasteiger partial charge < -0.3 is 15.5 Å². The molecule has 1 fully saturated rings. The minimum absolute atomic E-state index is 0.0567. The van der Waals surface area contributed by atoms with Crippen molar-refractivity contribution < 1.29 is 4.79 Å². The van der Waals surface area contributed by atoms with E-state index in [1.165, 1.54) is 11.3 Å². The summed E-state index contributed by atoms with van der Waals surface area (Å²) in [5.74, 6) is 0.143. The van der Waals surface area contributed by atoms with Crippen LogP contribution in [0.2, 0.25) is 0 Å². The van der Waals surface area contributed by atoms with Crippen molar-refractivity contribution in [2.24, 2.45) is 0 Å². The highest BCUT2D eigenvalue weighted by Gasteiger charge is 2.29. The highest BCUT2D eigenvalue weighted by atomic mass is 16.2. The van der Waals surface area contributed by atoms with Crippen LogP contribution in [0.5, 0.6) is 0 Å². The molecule has 1 amide bonds. The van der Waals surface area contributed by atoms with Gasteiger partial charge in [-0.15, -0.1) is 0 Å². The monoisotopic (exact) mass is 275 g/mol. The fourth-order valence-corrected chi connectivity index (χ4v) is 2.94. The van der Waals surface area contributed by atoms with Crippen molar-refractivity contribution in [3.8, 4) is 0 Å². The molecule has 20 heavy (non-hydrogen) atoms. The van der Waals surface area contributed by atoms with Gasteiger partial charge in [0.1, 0.15) is 6.04 Å². The summed E-state index contributed by atoms with van der Waals surface area (Å²) in [6.45, 7) is 8.89. The average Bonchev–Trinajstić information content (AvgIpc) is 2.47. The predicted molar refractivity (Wildman–Crippen MR) is 83.0 cm³/mol. The number of para-hydroxylation sites is 1. The van der Waals surface area contributed by atoms with E-state index in [9.17, 15) is 4.79 Å². The SMILES string of the molecule is CCNC(C)c1ccccc1N1CCNC(=O)C1CC. The van der Waals surface area contributed by atoms with Gasteiger partial charge in [0.05, 0.1) is 0 Å². The van der Waals surface area contributed by atoms with Crippen molar-refractivity contribution in [1.29, 1.82) is 0 Å². The Morgan fingerprint density at radius 3 is 2.85 bits per heavy atom. The molecule has 0 aromatic heterocycles.